The number of hydrogen-bond acceptors (Lipinski definition) is 6. The number of aromatic nitrogens is 2. The normalized spacial score (nSPS) is 10.6. The van der Waals surface area contributed by atoms with Gasteiger partial charge < -0.3 is 16.2 Å². The fourth-order valence-corrected chi connectivity index (χ4v) is 2.24. The highest BCUT2D eigenvalue weighted by Crippen LogP contribution is 2.17. The zero-order valence-electron chi connectivity index (χ0n) is 11.6. The van der Waals surface area contributed by atoms with E-state index in [0.717, 1.165) is 23.9 Å². The third-order valence-electron chi connectivity index (χ3n) is 2.68. The van der Waals surface area contributed by atoms with E-state index in [-0.39, 0.29) is 28.8 Å². The molecule has 0 fully saturated rings. The molecule has 7 nitrogen and oxygen atoms in total. The highest BCUT2D eigenvalue weighted by atomic mass is 32.2. The van der Waals surface area contributed by atoms with Crippen molar-refractivity contribution in [1.29, 1.82) is 0 Å². The lowest BCUT2D eigenvalue weighted by Crippen LogP contribution is -2.23. The van der Waals surface area contributed by atoms with Crippen molar-refractivity contribution in [3.8, 4) is 0 Å². The molecule has 1 aromatic heterocycles. The summed E-state index contributed by atoms with van der Waals surface area (Å²) >= 11 is 1.08. The van der Waals surface area contributed by atoms with Crippen molar-refractivity contribution in [2.24, 2.45) is 0 Å². The first-order chi connectivity index (χ1) is 10.9. The minimum Gasteiger partial charge on any atom is -0.396 e. The average molecular weight is 342 g/mol. The van der Waals surface area contributed by atoms with Gasteiger partial charge in [-0.15, -0.1) is 0 Å². The Morgan fingerprint density at radius 3 is 2.74 bits per heavy atom. The lowest BCUT2D eigenvalue weighted by molar-refractivity contribution is 0.102. The van der Waals surface area contributed by atoms with E-state index in [1.165, 1.54) is 0 Å². The molecular formula is C13H12F2N4O3S. The minimum atomic E-state index is -1.19. The second-order valence-corrected chi connectivity index (χ2v) is 5.37. The molecule has 5 N–H and O–H groups in total. The van der Waals surface area contributed by atoms with Crippen LogP contribution in [-0.4, -0.2) is 33.3 Å². The second kappa shape index (κ2) is 7.20. The number of rotatable bonds is 5. The van der Waals surface area contributed by atoms with Gasteiger partial charge in [0, 0.05) is 11.3 Å². The lowest BCUT2D eigenvalue weighted by atomic mass is 10.2. The van der Waals surface area contributed by atoms with E-state index in [1.807, 2.05) is 0 Å². The Morgan fingerprint density at radius 2 is 2.13 bits per heavy atom. The topological polar surface area (TPSA) is 121 Å². The zero-order chi connectivity index (χ0) is 17.0. The average Bonchev–Trinajstić information content (AvgIpc) is 2.51. The largest absolute Gasteiger partial charge is 0.396 e. The second-order valence-electron chi connectivity index (χ2n) is 4.29. The summed E-state index contributed by atoms with van der Waals surface area (Å²) in [6.45, 7) is -0.108. The van der Waals surface area contributed by atoms with Crippen LogP contribution in [-0.2, 0) is 0 Å². The molecule has 0 atom stereocenters. The zero-order valence-corrected chi connectivity index (χ0v) is 12.4. The number of H-pyrrole nitrogens is 1. The van der Waals surface area contributed by atoms with Gasteiger partial charge in [0.25, 0.3) is 11.5 Å². The fourth-order valence-electron chi connectivity index (χ4n) is 1.62. The number of aromatic amines is 1. The van der Waals surface area contributed by atoms with Crippen LogP contribution in [0.1, 0.15) is 10.4 Å². The van der Waals surface area contributed by atoms with Crippen molar-refractivity contribution in [2.75, 3.05) is 23.4 Å². The summed E-state index contributed by atoms with van der Waals surface area (Å²) in [4.78, 5) is 30.1. The molecule has 0 aliphatic carbocycles. The van der Waals surface area contributed by atoms with Crippen LogP contribution in [0, 0.1) is 11.6 Å². The van der Waals surface area contributed by atoms with Crippen LogP contribution in [0.15, 0.2) is 28.2 Å². The number of anilines is 2. The number of carbonyl (C=O) groups is 1. The molecular weight excluding hydrogens is 330 g/mol. The first kappa shape index (κ1) is 16.9. The summed E-state index contributed by atoms with van der Waals surface area (Å²) in [7, 11) is 0. The Kier molecular flexibility index (Phi) is 5.29. The van der Waals surface area contributed by atoms with Crippen LogP contribution >= 0.6 is 11.8 Å². The van der Waals surface area contributed by atoms with Gasteiger partial charge in [-0.2, -0.15) is 0 Å². The number of halogens is 2. The number of amides is 1. The number of hydrogen-bond donors (Lipinski definition) is 4. The molecule has 2 aromatic rings. The smallest absolute Gasteiger partial charge is 0.277 e. The number of benzene rings is 1. The van der Waals surface area contributed by atoms with E-state index in [1.54, 1.807) is 0 Å². The van der Waals surface area contributed by atoms with Gasteiger partial charge in [0.2, 0.25) is 0 Å². The van der Waals surface area contributed by atoms with Crippen LogP contribution in [0.5, 0.6) is 0 Å². The van der Waals surface area contributed by atoms with Crippen LogP contribution in [0.3, 0.4) is 0 Å². The molecule has 0 spiro atoms. The number of aliphatic hydroxyl groups excluding tert-OH is 1. The molecule has 122 valence electrons. The van der Waals surface area contributed by atoms with Gasteiger partial charge in [-0.25, -0.2) is 13.8 Å². The SMILES string of the molecule is Nc1nc(SCCO)[nH]c(=O)c1NC(=O)c1ccc(F)c(F)c1. The number of carbonyl (C=O) groups excluding carboxylic acids is 1. The summed E-state index contributed by atoms with van der Waals surface area (Å²) in [6, 6.07) is 2.57. The molecule has 0 bridgehead atoms. The Balaban J connectivity index is 2.23. The Labute approximate surface area is 132 Å². The van der Waals surface area contributed by atoms with Crippen molar-refractivity contribution in [3.63, 3.8) is 0 Å². The first-order valence-corrected chi connectivity index (χ1v) is 7.30. The molecule has 2 rings (SSSR count). The van der Waals surface area contributed by atoms with E-state index < -0.39 is 23.1 Å². The molecule has 1 amide bonds. The molecule has 10 heteroatoms. The van der Waals surface area contributed by atoms with Crippen molar-refractivity contribution in [2.45, 2.75) is 5.16 Å². The summed E-state index contributed by atoms with van der Waals surface area (Å²) in [5.41, 5.74) is 4.44. The van der Waals surface area contributed by atoms with Crippen molar-refractivity contribution in [3.05, 3.63) is 45.8 Å². The molecule has 0 unspecified atom stereocenters. The molecule has 23 heavy (non-hydrogen) atoms. The first-order valence-electron chi connectivity index (χ1n) is 6.32. The molecule has 0 aliphatic rings. The highest BCUT2D eigenvalue weighted by molar-refractivity contribution is 7.99. The van der Waals surface area contributed by atoms with Gasteiger partial charge >= 0.3 is 0 Å². The molecule has 0 aliphatic heterocycles. The van der Waals surface area contributed by atoms with E-state index in [4.69, 9.17) is 10.8 Å². The standard InChI is InChI=1S/C13H12F2N4O3S/c14-7-2-1-6(5-8(7)15)11(21)17-9-10(16)18-13(19-12(9)22)23-4-3-20/h1-2,5,20H,3-4H2,(H,17,21)(H3,16,18,19,22). The van der Waals surface area contributed by atoms with Gasteiger partial charge in [-0.05, 0) is 18.2 Å². The van der Waals surface area contributed by atoms with Crippen LogP contribution in [0.25, 0.3) is 0 Å². The maximum absolute atomic E-state index is 13.1. The van der Waals surface area contributed by atoms with Gasteiger partial charge in [0.05, 0.1) is 6.61 Å². The molecule has 0 radical (unpaired) electrons. The Bertz CT molecular complexity index is 797. The minimum absolute atomic E-state index is 0.108. The molecule has 1 aromatic carbocycles. The van der Waals surface area contributed by atoms with Gasteiger partial charge in [0.15, 0.2) is 22.6 Å². The lowest BCUT2D eigenvalue weighted by Gasteiger charge is -2.08. The van der Waals surface area contributed by atoms with Gasteiger partial charge in [-0.1, -0.05) is 11.8 Å². The predicted molar refractivity (Wildman–Crippen MR) is 81.4 cm³/mol. The third kappa shape index (κ3) is 4.05. The highest BCUT2D eigenvalue weighted by Gasteiger charge is 2.15. The Morgan fingerprint density at radius 1 is 1.39 bits per heavy atom. The number of nitrogen functional groups attached to an aromatic ring is 1. The summed E-state index contributed by atoms with van der Waals surface area (Å²) in [5.74, 6) is -3.04. The fraction of sp³-hybridized carbons (Fsp3) is 0.154. The van der Waals surface area contributed by atoms with Crippen LogP contribution in [0.2, 0.25) is 0 Å². The number of nitrogens with two attached hydrogens (primary N) is 1. The number of nitrogens with one attached hydrogen (secondary N) is 2. The quantitative estimate of drug-likeness (QED) is 0.474. The van der Waals surface area contributed by atoms with Gasteiger partial charge in [0.1, 0.15) is 5.69 Å². The van der Waals surface area contributed by atoms with Crippen molar-refractivity contribution in [1.82, 2.24) is 9.97 Å². The molecule has 1 heterocycles. The number of nitrogens with zero attached hydrogens (tertiary/aromatic N) is 1. The summed E-state index contributed by atoms with van der Waals surface area (Å²) in [5, 5.41) is 11.1. The van der Waals surface area contributed by atoms with Crippen molar-refractivity contribution < 1.29 is 18.7 Å². The summed E-state index contributed by atoms with van der Waals surface area (Å²) in [6.07, 6.45) is 0. The van der Waals surface area contributed by atoms with Crippen LogP contribution in [0.4, 0.5) is 20.3 Å². The Hall–Kier alpha value is -2.46. The van der Waals surface area contributed by atoms with E-state index in [9.17, 15) is 18.4 Å². The monoisotopic (exact) mass is 342 g/mol. The maximum Gasteiger partial charge on any atom is 0.277 e. The van der Waals surface area contributed by atoms with E-state index in [2.05, 4.69) is 15.3 Å². The third-order valence-corrected chi connectivity index (χ3v) is 3.53. The van der Waals surface area contributed by atoms with E-state index in [0.29, 0.717) is 11.8 Å². The predicted octanol–water partition coefficient (Wildman–Crippen LogP) is 0.967. The van der Waals surface area contributed by atoms with Crippen LogP contribution < -0.4 is 16.6 Å². The maximum atomic E-state index is 13.1. The number of thioether (sulfide) groups is 1. The molecule has 0 saturated heterocycles. The van der Waals surface area contributed by atoms with Crippen molar-refractivity contribution >= 4 is 29.2 Å². The summed E-state index contributed by atoms with van der Waals surface area (Å²) < 4.78 is 26.0. The van der Waals surface area contributed by atoms with E-state index >= 15 is 0 Å². The molecule has 0 saturated carbocycles. The van der Waals surface area contributed by atoms with Gasteiger partial charge in [-0.3, -0.25) is 14.6 Å². The number of aliphatic hydroxyl groups is 1.